The molecule has 1 amide bonds. The third kappa shape index (κ3) is 40.0. The molecule has 0 bridgehead atoms. The van der Waals surface area contributed by atoms with Crippen LogP contribution in [0.1, 0.15) is 213 Å². The number of ether oxygens (including phenoxy) is 2. The number of carbonyl (C=O) groups is 1. The van der Waals surface area contributed by atoms with Crippen molar-refractivity contribution in [3.8, 4) is 0 Å². The van der Waals surface area contributed by atoms with Gasteiger partial charge in [-0.1, -0.05) is 238 Å². The van der Waals surface area contributed by atoms with Gasteiger partial charge >= 0.3 is 0 Å². The first-order chi connectivity index (χ1) is 35.3. The minimum absolute atomic E-state index is 0.194. The van der Waals surface area contributed by atoms with E-state index in [0.717, 1.165) is 109 Å². The van der Waals surface area contributed by atoms with Crippen LogP contribution in [0.4, 0.5) is 0 Å². The van der Waals surface area contributed by atoms with E-state index in [1.165, 1.54) is 83.5 Å². The van der Waals surface area contributed by atoms with E-state index in [4.69, 9.17) is 9.47 Å². The molecule has 0 aliphatic carbocycles. The van der Waals surface area contributed by atoms with Gasteiger partial charge in [-0.25, -0.2) is 0 Å². The molecule has 7 atom stereocenters. The van der Waals surface area contributed by atoms with Crippen molar-refractivity contribution in [2.45, 2.75) is 256 Å². The van der Waals surface area contributed by atoms with Crippen LogP contribution < -0.4 is 5.32 Å². The predicted molar refractivity (Wildman–Crippen MR) is 304 cm³/mol. The number of amides is 1. The largest absolute Gasteiger partial charge is 0.394 e. The van der Waals surface area contributed by atoms with Crippen LogP contribution >= 0.6 is 0 Å². The summed E-state index contributed by atoms with van der Waals surface area (Å²) in [7, 11) is 0. The maximum Gasteiger partial charge on any atom is 0.220 e. The van der Waals surface area contributed by atoms with E-state index in [1.807, 2.05) is 6.08 Å². The topological polar surface area (TPSA) is 149 Å². The van der Waals surface area contributed by atoms with Crippen molar-refractivity contribution < 1.29 is 39.8 Å². The van der Waals surface area contributed by atoms with E-state index >= 15 is 0 Å². The highest BCUT2D eigenvalue weighted by molar-refractivity contribution is 5.76. The number of hydrogen-bond donors (Lipinski definition) is 6. The molecule has 1 rings (SSSR count). The number of aliphatic hydroxyl groups excluding tert-OH is 5. The lowest BCUT2D eigenvalue weighted by Crippen LogP contribution is -2.60. The van der Waals surface area contributed by atoms with Crippen molar-refractivity contribution in [1.29, 1.82) is 0 Å². The molecule has 9 heteroatoms. The van der Waals surface area contributed by atoms with Gasteiger partial charge in [0.05, 0.1) is 25.4 Å². The average Bonchev–Trinajstić information content (AvgIpc) is 3.38. The van der Waals surface area contributed by atoms with Gasteiger partial charge in [-0.3, -0.25) is 4.79 Å². The SMILES string of the molecule is CC/C=C\C/C=C\C/C=C\C/C=C\C/C=C\C/C=C\C/C=C\C/C=C\C/C=C\CCCCCCCCCC(=O)NC(COC1OC(CO)C(O)C(O)C1O)C(O)/C=C/CCCCCCCCCCCCCC. The van der Waals surface area contributed by atoms with Crippen LogP contribution in [0.2, 0.25) is 0 Å². The van der Waals surface area contributed by atoms with E-state index in [1.54, 1.807) is 6.08 Å². The summed E-state index contributed by atoms with van der Waals surface area (Å²) >= 11 is 0. The first kappa shape index (κ1) is 66.6. The van der Waals surface area contributed by atoms with Crippen molar-refractivity contribution >= 4 is 5.91 Å². The second kappa shape index (κ2) is 51.1. The van der Waals surface area contributed by atoms with Gasteiger partial charge in [0.2, 0.25) is 5.91 Å². The average molecular weight is 1000 g/mol. The molecule has 1 heterocycles. The van der Waals surface area contributed by atoms with Gasteiger partial charge in [-0.2, -0.15) is 0 Å². The van der Waals surface area contributed by atoms with Crippen LogP contribution in [0.3, 0.4) is 0 Å². The van der Waals surface area contributed by atoms with Gasteiger partial charge in [0.15, 0.2) is 6.29 Å². The van der Waals surface area contributed by atoms with Gasteiger partial charge in [0, 0.05) is 6.42 Å². The number of carbonyl (C=O) groups excluding carboxylic acids is 1. The summed E-state index contributed by atoms with van der Waals surface area (Å²) in [6.07, 6.45) is 69.7. The van der Waals surface area contributed by atoms with Gasteiger partial charge in [0.25, 0.3) is 0 Å². The summed E-state index contributed by atoms with van der Waals surface area (Å²) in [6.45, 7) is 3.64. The van der Waals surface area contributed by atoms with Crippen molar-refractivity contribution in [2.75, 3.05) is 13.2 Å². The van der Waals surface area contributed by atoms with Crippen LogP contribution in [0.15, 0.2) is 122 Å². The number of rotatable bonds is 47. The first-order valence-electron chi connectivity index (χ1n) is 28.8. The van der Waals surface area contributed by atoms with Crippen molar-refractivity contribution in [3.05, 3.63) is 122 Å². The van der Waals surface area contributed by atoms with Gasteiger partial charge in [-0.15, -0.1) is 0 Å². The van der Waals surface area contributed by atoms with Crippen LogP contribution in [0, 0.1) is 0 Å². The molecule has 0 aromatic heterocycles. The molecule has 1 aliphatic heterocycles. The highest BCUT2D eigenvalue weighted by Crippen LogP contribution is 2.23. The molecule has 1 saturated heterocycles. The third-order valence-corrected chi connectivity index (χ3v) is 12.8. The zero-order valence-corrected chi connectivity index (χ0v) is 45.4. The summed E-state index contributed by atoms with van der Waals surface area (Å²) in [5.74, 6) is -0.194. The number of hydrogen-bond acceptors (Lipinski definition) is 8. The summed E-state index contributed by atoms with van der Waals surface area (Å²) in [5, 5.41) is 54.4. The highest BCUT2D eigenvalue weighted by atomic mass is 16.7. The van der Waals surface area contributed by atoms with E-state index in [9.17, 15) is 30.3 Å². The Hall–Kier alpha value is -3.41. The van der Waals surface area contributed by atoms with Crippen molar-refractivity contribution in [3.63, 3.8) is 0 Å². The minimum atomic E-state index is -1.58. The van der Waals surface area contributed by atoms with Gasteiger partial charge in [0.1, 0.15) is 24.4 Å². The number of nitrogens with one attached hydrogen (secondary N) is 1. The fraction of sp³-hybridized carbons (Fsp3) is 0.667. The molecule has 9 nitrogen and oxygen atoms in total. The van der Waals surface area contributed by atoms with Crippen LogP contribution in [-0.2, 0) is 14.3 Å². The Morgan fingerprint density at radius 2 is 0.861 bits per heavy atom. The molecule has 1 aliphatic rings. The molecule has 0 aromatic rings. The van der Waals surface area contributed by atoms with Crippen LogP contribution in [-0.4, -0.2) is 87.5 Å². The summed E-state index contributed by atoms with van der Waals surface area (Å²) in [6, 6.07) is -0.819. The predicted octanol–water partition coefficient (Wildman–Crippen LogP) is 14.3. The Morgan fingerprint density at radius 3 is 1.28 bits per heavy atom. The zero-order valence-electron chi connectivity index (χ0n) is 45.4. The quantitative estimate of drug-likeness (QED) is 0.0261. The summed E-state index contributed by atoms with van der Waals surface area (Å²) in [5.41, 5.74) is 0. The monoisotopic (exact) mass is 1000 g/mol. The van der Waals surface area contributed by atoms with E-state index in [2.05, 4.69) is 129 Å². The van der Waals surface area contributed by atoms with E-state index < -0.39 is 49.5 Å². The second-order valence-corrected chi connectivity index (χ2v) is 19.4. The minimum Gasteiger partial charge on any atom is -0.394 e. The standard InChI is InChI=1S/C63H105NO8/c1-3-5-7-9-11-13-15-17-19-20-21-22-23-24-25-26-27-28-29-30-31-32-33-34-35-36-37-38-39-41-43-45-47-49-51-53-59(67)64-56(55-71-63-62(70)61(69)60(68)58(54-65)72-63)57(66)52-50-48-46-44-42-40-18-16-14-12-10-8-6-4-2/h5,7,11,13,17,19,21-22,24-25,27-28,30-31,33-34,36-37,50,52,56-58,60-63,65-66,68-70H,3-4,6,8-10,12,14-16,18,20,23,26,29,32,35,38-49,51,53-55H2,1-2H3,(H,64,67)/b7-5-,13-11-,19-17-,22-21-,25-24-,28-27-,31-30-,34-33-,37-36-,52-50+. The number of allylic oxidation sites excluding steroid dienone is 19. The van der Waals surface area contributed by atoms with Gasteiger partial charge < -0.3 is 40.3 Å². The molecule has 72 heavy (non-hydrogen) atoms. The lowest BCUT2D eigenvalue weighted by Gasteiger charge is -2.40. The molecular weight excluding hydrogens is 899 g/mol. The molecule has 7 unspecified atom stereocenters. The third-order valence-electron chi connectivity index (χ3n) is 12.8. The van der Waals surface area contributed by atoms with Crippen LogP contribution in [0.5, 0.6) is 0 Å². The first-order valence-corrected chi connectivity index (χ1v) is 28.8. The fourth-order valence-electron chi connectivity index (χ4n) is 8.27. The molecule has 0 radical (unpaired) electrons. The Balaban J connectivity index is 2.21. The second-order valence-electron chi connectivity index (χ2n) is 19.4. The van der Waals surface area contributed by atoms with Crippen molar-refractivity contribution in [1.82, 2.24) is 5.32 Å². The molecule has 1 fully saturated rings. The summed E-state index contributed by atoms with van der Waals surface area (Å²) in [4.78, 5) is 13.0. The number of unbranched alkanes of at least 4 members (excludes halogenated alkanes) is 19. The fourth-order valence-corrected chi connectivity index (χ4v) is 8.27. The Bertz CT molecular complexity index is 1540. The molecule has 0 aromatic carbocycles. The van der Waals surface area contributed by atoms with Gasteiger partial charge in [-0.05, 0) is 89.9 Å². The normalized spacial score (nSPS) is 20.1. The maximum absolute atomic E-state index is 13.0. The molecule has 410 valence electrons. The van der Waals surface area contributed by atoms with E-state index in [-0.39, 0.29) is 12.5 Å². The summed E-state index contributed by atoms with van der Waals surface area (Å²) < 4.78 is 11.2. The molecular formula is C63H105NO8. The lowest BCUT2D eigenvalue weighted by atomic mass is 9.99. The van der Waals surface area contributed by atoms with Crippen molar-refractivity contribution in [2.24, 2.45) is 0 Å². The zero-order chi connectivity index (χ0) is 52.2. The lowest BCUT2D eigenvalue weighted by molar-refractivity contribution is -0.302. The maximum atomic E-state index is 13.0. The number of aliphatic hydroxyl groups is 5. The molecule has 0 saturated carbocycles. The van der Waals surface area contributed by atoms with E-state index in [0.29, 0.717) is 6.42 Å². The Labute approximate surface area is 439 Å². The van der Waals surface area contributed by atoms with Crippen LogP contribution in [0.25, 0.3) is 0 Å². The molecule has 0 spiro atoms. The highest BCUT2D eigenvalue weighted by Gasteiger charge is 2.44. The smallest absolute Gasteiger partial charge is 0.220 e. The Kier molecular flexibility index (Phi) is 47.3. The Morgan fingerprint density at radius 1 is 0.486 bits per heavy atom. The molecule has 6 N–H and O–H groups in total.